The van der Waals surface area contributed by atoms with Gasteiger partial charge in [0.15, 0.2) is 0 Å². The first kappa shape index (κ1) is 24.9. The van der Waals surface area contributed by atoms with Gasteiger partial charge in [0.25, 0.3) is 11.8 Å². The van der Waals surface area contributed by atoms with Crippen LogP contribution in [0, 0.1) is 5.41 Å². The monoisotopic (exact) mass is 447 g/mol. The van der Waals surface area contributed by atoms with Crippen LogP contribution < -0.4 is 22.3 Å². The van der Waals surface area contributed by atoms with E-state index in [0.717, 1.165) is 29.3 Å². The third kappa shape index (κ3) is 6.19. The van der Waals surface area contributed by atoms with E-state index in [1.807, 2.05) is 0 Å². The van der Waals surface area contributed by atoms with Gasteiger partial charge < -0.3 is 11.2 Å². The van der Waals surface area contributed by atoms with Crippen molar-refractivity contribution in [1.29, 1.82) is 5.41 Å². The number of benzene rings is 1. The number of nitrogens with one attached hydrogen (secondary N) is 3. The van der Waals surface area contributed by atoms with E-state index >= 15 is 0 Å². The molecule has 1 aromatic rings. The minimum Gasteiger partial charge on any atom is -0.352 e. The number of hydrazine groups is 1. The summed E-state index contributed by atoms with van der Waals surface area (Å²) in [4.78, 5) is 24.8. The van der Waals surface area contributed by atoms with E-state index in [4.69, 9.17) is 28.7 Å². The third-order valence-electron chi connectivity index (χ3n) is 3.69. The van der Waals surface area contributed by atoms with Gasteiger partial charge in [-0.15, -0.1) is 5.10 Å². The lowest BCUT2D eigenvalue weighted by atomic mass is 10.0. The Kier molecular flexibility index (Phi) is 8.80. The lowest BCUT2D eigenvalue weighted by molar-refractivity contribution is -0.137. The molecule has 0 aliphatic carbocycles. The fourth-order valence-corrected chi connectivity index (χ4v) is 2.43. The van der Waals surface area contributed by atoms with Crippen LogP contribution in [-0.2, 0) is 15.8 Å². The maximum Gasteiger partial charge on any atom is 0.416 e. The topological polar surface area (TPSA) is 150 Å². The Morgan fingerprint density at radius 3 is 2.20 bits per heavy atom. The van der Waals surface area contributed by atoms with Crippen LogP contribution in [0.5, 0.6) is 0 Å². The highest BCUT2D eigenvalue weighted by atomic mass is 35.5. The number of rotatable bonds is 6. The zero-order valence-corrected chi connectivity index (χ0v) is 16.9. The second kappa shape index (κ2) is 10.6. The third-order valence-corrected chi connectivity index (χ3v) is 4.07. The Balaban J connectivity index is 3.36. The van der Waals surface area contributed by atoms with E-state index in [1.165, 1.54) is 0 Å². The number of carbonyl (C=O) groups is 2. The molecule has 0 atom stereocenters. The molecule has 0 aromatic heterocycles. The van der Waals surface area contributed by atoms with Gasteiger partial charge in [0.05, 0.1) is 16.2 Å². The van der Waals surface area contributed by atoms with Gasteiger partial charge in [0.2, 0.25) is 5.96 Å². The van der Waals surface area contributed by atoms with Crippen LogP contribution in [0.25, 0.3) is 5.57 Å². The van der Waals surface area contributed by atoms with Gasteiger partial charge >= 0.3 is 6.18 Å². The highest BCUT2D eigenvalue weighted by Gasteiger charge is 2.31. The largest absolute Gasteiger partial charge is 0.416 e. The van der Waals surface area contributed by atoms with Gasteiger partial charge in [-0.3, -0.25) is 25.3 Å². The molecule has 1 aromatic carbocycles. The number of hydrogen-bond acceptors (Lipinski definition) is 6. The smallest absolute Gasteiger partial charge is 0.352 e. The summed E-state index contributed by atoms with van der Waals surface area (Å²) < 4.78 is 38.4. The lowest BCUT2D eigenvalue weighted by Gasteiger charge is -2.18. The molecule has 0 bridgehead atoms. The minimum atomic E-state index is -4.57. The highest BCUT2D eigenvalue weighted by Crippen LogP contribution is 2.31. The Bertz CT molecular complexity index is 867. The van der Waals surface area contributed by atoms with Gasteiger partial charge in [-0.05, 0) is 31.5 Å². The van der Waals surface area contributed by atoms with E-state index in [0.29, 0.717) is 0 Å². The van der Waals surface area contributed by atoms with E-state index < -0.39 is 34.3 Å². The van der Waals surface area contributed by atoms with Gasteiger partial charge in [-0.1, -0.05) is 23.7 Å². The van der Waals surface area contributed by atoms with E-state index in [-0.39, 0.29) is 30.2 Å². The summed E-state index contributed by atoms with van der Waals surface area (Å²) in [5, 5.41) is 16.3. The summed E-state index contributed by atoms with van der Waals surface area (Å²) in [6.07, 6.45) is -4.57. The zero-order valence-electron chi connectivity index (χ0n) is 16.1. The van der Waals surface area contributed by atoms with Crippen molar-refractivity contribution in [1.82, 2.24) is 15.6 Å². The first-order valence-corrected chi connectivity index (χ1v) is 8.91. The number of nitrogens with zero attached hydrogens (tertiary/aromatic N) is 2. The quantitative estimate of drug-likeness (QED) is 0.147. The molecule has 0 heterocycles. The predicted molar refractivity (Wildman–Crippen MR) is 107 cm³/mol. The van der Waals surface area contributed by atoms with Crippen molar-refractivity contribution in [2.45, 2.75) is 20.0 Å². The van der Waals surface area contributed by atoms with Gasteiger partial charge in [0, 0.05) is 13.1 Å². The first-order valence-electron chi connectivity index (χ1n) is 8.53. The van der Waals surface area contributed by atoms with Crippen LogP contribution in [-0.4, -0.2) is 41.6 Å². The van der Waals surface area contributed by atoms with Gasteiger partial charge in [-0.25, -0.2) is 5.84 Å². The summed E-state index contributed by atoms with van der Waals surface area (Å²) in [5.41, 5.74) is -2.14. The van der Waals surface area contributed by atoms with Crippen LogP contribution in [0.15, 0.2) is 34.4 Å². The van der Waals surface area contributed by atoms with Crippen molar-refractivity contribution in [2.75, 3.05) is 13.1 Å². The molecule has 7 N–H and O–H groups in total. The molecular formula is C17H21ClF3N7O2. The molecule has 0 saturated carbocycles. The van der Waals surface area contributed by atoms with Crippen molar-refractivity contribution < 1.29 is 22.8 Å². The minimum absolute atomic E-state index is 0.0155. The molecule has 0 saturated heterocycles. The van der Waals surface area contributed by atoms with Crippen LogP contribution in [0.4, 0.5) is 13.2 Å². The maximum absolute atomic E-state index is 12.8. The standard InChI is InChI=1S/C17H21ClF3N7O2/c1-3-25-14(29)11(9-5-7-10(8-6-9)17(19,20)21)12(18)13(22)15(30)26-16(27-23)28(24)4-2/h5-8,22H,3-4,23-24H2,1-2H3,(H,25,29)(H,26,27,30)/b12-11+,22-13?. The number of carbonyl (C=O) groups excluding carboxylic acids is 2. The van der Waals surface area contributed by atoms with Crippen LogP contribution >= 0.6 is 11.6 Å². The summed E-state index contributed by atoms with van der Waals surface area (Å²) in [5.74, 6) is 8.60. The van der Waals surface area contributed by atoms with Crippen molar-refractivity contribution in [3.63, 3.8) is 0 Å². The van der Waals surface area contributed by atoms with Gasteiger partial charge in [-0.2, -0.15) is 13.2 Å². The molecule has 0 spiro atoms. The van der Waals surface area contributed by atoms with Crippen molar-refractivity contribution in [3.05, 3.63) is 40.4 Å². The average molecular weight is 448 g/mol. The number of hydrazone groups is 1. The Hall–Kier alpha value is -3.12. The summed E-state index contributed by atoms with van der Waals surface area (Å²) in [7, 11) is 0. The van der Waals surface area contributed by atoms with Gasteiger partial charge in [0.1, 0.15) is 5.71 Å². The van der Waals surface area contributed by atoms with Crippen molar-refractivity contribution in [2.24, 2.45) is 16.8 Å². The second-order valence-corrected chi connectivity index (χ2v) is 6.07. The Morgan fingerprint density at radius 1 is 1.20 bits per heavy atom. The molecule has 1 rings (SSSR count). The van der Waals surface area contributed by atoms with E-state index in [9.17, 15) is 22.8 Å². The Morgan fingerprint density at radius 2 is 1.77 bits per heavy atom. The molecule has 9 nitrogen and oxygen atoms in total. The van der Waals surface area contributed by atoms with E-state index in [1.54, 1.807) is 13.8 Å². The molecule has 30 heavy (non-hydrogen) atoms. The number of amides is 2. The number of halogens is 4. The molecule has 0 aliphatic heterocycles. The van der Waals surface area contributed by atoms with Crippen molar-refractivity contribution >= 4 is 40.7 Å². The normalized spacial score (nSPS) is 12.7. The highest BCUT2D eigenvalue weighted by molar-refractivity contribution is 6.63. The number of alkyl halides is 3. The molecular weight excluding hydrogens is 427 g/mol. The number of nitrogens with two attached hydrogens (primary N) is 2. The predicted octanol–water partition coefficient (Wildman–Crippen LogP) is 1.35. The molecule has 0 aliphatic rings. The van der Waals surface area contributed by atoms with E-state index in [2.05, 4.69) is 15.7 Å². The van der Waals surface area contributed by atoms with Crippen LogP contribution in [0.3, 0.4) is 0 Å². The zero-order chi connectivity index (χ0) is 23.1. The van der Waals surface area contributed by atoms with Crippen LogP contribution in [0.2, 0.25) is 0 Å². The SMILES string of the molecule is CCNC(=O)/C(=C(/Cl)C(=N)C(=O)N/C(=N/N)N(N)CC)c1ccc(C(F)(F)F)cc1. The van der Waals surface area contributed by atoms with Crippen LogP contribution in [0.1, 0.15) is 25.0 Å². The summed E-state index contributed by atoms with van der Waals surface area (Å²) in [6.45, 7) is 3.66. The maximum atomic E-state index is 12.8. The summed E-state index contributed by atoms with van der Waals surface area (Å²) in [6, 6.07) is 3.56. The number of guanidine groups is 1. The molecule has 13 heteroatoms. The number of hydrogen-bond donors (Lipinski definition) is 5. The molecule has 2 amide bonds. The van der Waals surface area contributed by atoms with Crippen molar-refractivity contribution in [3.8, 4) is 0 Å². The molecule has 164 valence electrons. The molecule has 0 fully saturated rings. The fraction of sp³-hybridized carbons (Fsp3) is 0.294. The lowest BCUT2D eigenvalue weighted by Crippen LogP contribution is -2.50. The fourth-order valence-electron chi connectivity index (χ4n) is 2.15. The Labute approximate surface area is 175 Å². The molecule has 0 radical (unpaired) electrons. The number of likely N-dealkylation sites (N-methyl/N-ethyl adjacent to an activating group) is 1. The first-order chi connectivity index (χ1) is 14.0. The summed E-state index contributed by atoms with van der Waals surface area (Å²) >= 11 is 6.12. The average Bonchev–Trinajstić information content (AvgIpc) is 2.70. The second-order valence-electron chi connectivity index (χ2n) is 5.69. The molecule has 0 unspecified atom stereocenters.